The van der Waals surface area contributed by atoms with Crippen molar-refractivity contribution in [3.8, 4) is 5.88 Å². The van der Waals surface area contributed by atoms with Crippen LogP contribution in [0.25, 0.3) is 0 Å². The van der Waals surface area contributed by atoms with Crippen molar-refractivity contribution in [1.82, 2.24) is 4.98 Å². The molecule has 0 bridgehead atoms. The molecular weight excluding hydrogens is 336 g/mol. The van der Waals surface area contributed by atoms with Gasteiger partial charge in [-0.3, -0.25) is 4.79 Å². The average Bonchev–Trinajstić information content (AvgIpc) is 2.46. The molecule has 1 rings (SSSR count). The van der Waals surface area contributed by atoms with Crippen LogP contribution >= 0.6 is 12.2 Å². The van der Waals surface area contributed by atoms with Crippen LogP contribution < -0.4 is 10.5 Å². The van der Waals surface area contributed by atoms with E-state index in [0.717, 1.165) is 0 Å². The van der Waals surface area contributed by atoms with E-state index in [0.29, 0.717) is 5.88 Å². The molecule has 0 aromatic carbocycles. The minimum absolute atomic E-state index is 0.0650. The van der Waals surface area contributed by atoms with Gasteiger partial charge in [0, 0.05) is 24.5 Å². The van der Waals surface area contributed by atoms with Crippen LogP contribution in [0.1, 0.15) is 20.8 Å². The van der Waals surface area contributed by atoms with Gasteiger partial charge in [0.25, 0.3) is 0 Å². The number of ether oxygens (including phenoxy) is 3. The Morgan fingerprint density at radius 2 is 2.08 bits per heavy atom. The molecule has 136 valence electrons. The summed E-state index contributed by atoms with van der Waals surface area (Å²) >= 11 is 4.27. The molecule has 24 heavy (non-hydrogen) atoms. The number of aliphatic hydroxyl groups excluding tert-OH is 2. The van der Waals surface area contributed by atoms with Gasteiger partial charge in [-0.05, 0) is 26.8 Å². The molecule has 9 heteroatoms. The lowest BCUT2D eigenvalue weighted by molar-refractivity contribution is -0.158. The summed E-state index contributed by atoms with van der Waals surface area (Å²) in [5, 5.41) is 16.4. The number of nitrogens with two attached hydrogens (primary N) is 1. The lowest BCUT2D eigenvalue weighted by Crippen LogP contribution is -2.40. The summed E-state index contributed by atoms with van der Waals surface area (Å²) in [5.41, 5.74) is 4.95. The number of aromatic nitrogens is 1. The molecule has 0 saturated carbocycles. The number of esters is 1. The summed E-state index contributed by atoms with van der Waals surface area (Å²) in [6, 6.07) is 4.29. The molecule has 0 aliphatic carbocycles. The van der Waals surface area contributed by atoms with Gasteiger partial charge in [0.2, 0.25) is 5.88 Å². The average molecular weight is 360 g/mol. The Bertz CT molecular complexity index is 492. The summed E-state index contributed by atoms with van der Waals surface area (Å²) in [7, 11) is 0. The molecule has 0 spiro atoms. The summed E-state index contributed by atoms with van der Waals surface area (Å²) in [5.74, 6) is -0.189. The molecular formula is C15H24N2O6S. The number of rotatable bonds is 6. The van der Waals surface area contributed by atoms with Gasteiger partial charge in [-0.25, -0.2) is 4.98 Å². The van der Waals surface area contributed by atoms with Crippen LogP contribution in [-0.2, 0) is 14.3 Å². The van der Waals surface area contributed by atoms with E-state index in [1.54, 1.807) is 45.2 Å². The fourth-order valence-corrected chi connectivity index (χ4v) is 1.30. The number of pyridine rings is 1. The Kier molecular flexibility index (Phi) is 10.8. The van der Waals surface area contributed by atoms with E-state index in [4.69, 9.17) is 25.4 Å². The third-order valence-corrected chi connectivity index (χ3v) is 2.16. The summed E-state index contributed by atoms with van der Waals surface area (Å²) in [6.07, 6.45) is 1.55. The zero-order valence-corrected chi connectivity index (χ0v) is 14.8. The van der Waals surface area contributed by atoms with E-state index in [1.807, 2.05) is 0 Å². The predicted octanol–water partition coefficient (Wildman–Crippen LogP) is 0.968. The van der Waals surface area contributed by atoms with Crippen LogP contribution in [-0.4, -0.2) is 57.9 Å². The Labute approximate surface area is 146 Å². The number of aliphatic hydroxyl groups is 2. The highest BCUT2D eigenvalue weighted by atomic mass is 32.1. The summed E-state index contributed by atoms with van der Waals surface area (Å²) in [4.78, 5) is 15.0. The second kappa shape index (κ2) is 11.7. The fraction of sp³-hybridized carbons (Fsp3) is 0.533. The van der Waals surface area contributed by atoms with Gasteiger partial charge in [0.1, 0.15) is 11.6 Å². The number of hydrogen-bond donors (Lipinski definition) is 3. The molecule has 1 atom stereocenters. The standard InChI is InChI=1S/C9H19NO4.C6H5NO2S/c1-9(2,3)14-8(12)7(10)6-13-5-4-11;8-6(10)9-5-3-1-2-4-7-5/h7,11H,4-6,10H2,1-3H3;1-4H,(H,8,10). The molecule has 0 aliphatic heterocycles. The zero-order chi connectivity index (χ0) is 18.6. The van der Waals surface area contributed by atoms with Gasteiger partial charge in [-0.2, -0.15) is 0 Å². The van der Waals surface area contributed by atoms with Gasteiger partial charge >= 0.3 is 11.2 Å². The Morgan fingerprint density at radius 1 is 1.42 bits per heavy atom. The van der Waals surface area contributed by atoms with Crippen molar-refractivity contribution in [2.45, 2.75) is 32.4 Å². The molecule has 0 amide bonds. The number of carbonyl (C=O) groups is 1. The first kappa shape index (κ1) is 22.2. The second-order valence-electron chi connectivity index (χ2n) is 5.47. The topological polar surface area (TPSA) is 124 Å². The van der Waals surface area contributed by atoms with E-state index < -0.39 is 22.8 Å². The van der Waals surface area contributed by atoms with Crippen molar-refractivity contribution >= 4 is 23.4 Å². The third kappa shape index (κ3) is 12.7. The molecule has 4 N–H and O–H groups in total. The maximum Gasteiger partial charge on any atom is 0.356 e. The minimum Gasteiger partial charge on any atom is -0.472 e. The van der Waals surface area contributed by atoms with Gasteiger partial charge < -0.3 is 30.2 Å². The van der Waals surface area contributed by atoms with Crippen LogP contribution in [0, 0.1) is 0 Å². The first-order valence-electron chi connectivity index (χ1n) is 7.14. The number of carbonyl (C=O) groups excluding carboxylic acids is 1. The highest BCUT2D eigenvalue weighted by Gasteiger charge is 2.21. The number of nitrogens with zero attached hydrogens (tertiary/aromatic N) is 1. The van der Waals surface area contributed by atoms with Crippen LogP contribution in [0.5, 0.6) is 5.88 Å². The normalized spacial score (nSPS) is 11.7. The molecule has 1 heterocycles. The molecule has 1 unspecified atom stereocenters. The van der Waals surface area contributed by atoms with Gasteiger partial charge in [-0.1, -0.05) is 6.07 Å². The number of thiocarbonyl (C=S) groups is 1. The third-order valence-electron chi connectivity index (χ3n) is 2.07. The maximum atomic E-state index is 11.3. The predicted molar refractivity (Wildman–Crippen MR) is 91.8 cm³/mol. The van der Waals surface area contributed by atoms with Gasteiger partial charge in [0.15, 0.2) is 0 Å². The van der Waals surface area contributed by atoms with Gasteiger partial charge in [0.05, 0.1) is 19.8 Å². The smallest absolute Gasteiger partial charge is 0.356 e. The highest BCUT2D eigenvalue weighted by Crippen LogP contribution is 2.07. The van der Waals surface area contributed by atoms with E-state index in [-0.39, 0.29) is 19.8 Å². The summed E-state index contributed by atoms with van der Waals surface area (Å²) < 4.78 is 14.5. The lowest BCUT2D eigenvalue weighted by Gasteiger charge is -2.22. The molecule has 1 aromatic heterocycles. The van der Waals surface area contributed by atoms with Crippen molar-refractivity contribution in [3.05, 3.63) is 24.4 Å². The van der Waals surface area contributed by atoms with Crippen molar-refractivity contribution < 1.29 is 29.2 Å². The Balaban J connectivity index is 0.000000463. The van der Waals surface area contributed by atoms with Crippen molar-refractivity contribution in [3.63, 3.8) is 0 Å². The molecule has 0 fully saturated rings. The summed E-state index contributed by atoms with van der Waals surface area (Å²) in [6.45, 7) is 5.47. The maximum absolute atomic E-state index is 11.3. The zero-order valence-electron chi connectivity index (χ0n) is 14.0. The molecule has 8 nitrogen and oxygen atoms in total. The SMILES string of the molecule is CC(C)(C)OC(=O)C(N)COCCO.OC(=S)Oc1ccccn1. The molecule has 0 aliphatic rings. The van der Waals surface area contributed by atoms with E-state index in [2.05, 4.69) is 21.9 Å². The van der Waals surface area contributed by atoms with E-state index in [9.17, 15) is 4.79 Å². The highest BCUT2D eigenvalue weighted by molar-refractivity contribution is 7.79. The monoisotopic (exact) mass is 360 g/mol. The van der Waals surface area contributed by atoms with E-state index in [1.165, 1.54) is 0 Å². The molecule has 1 aromatic rings. The second-order valence-corrected chi connectivity index (χ2v) is 5.82. The van der Waals surface area contributed by atoms with Crippen LogP contribution in [0.4, 0.5) is 0 Å². The largest absolute Gasteiger partial charge is 0.472 e. The first-order chi connectivity index (χ1) is 11.2. The van der Waals surface area contributed by atoms with Crippen molar-refractivity contribution in [1.29, 1.82) is 0 Å². The minimum atomic E-state index is -0.791. The van der Waals surface area contributed by atoms with Gasteiger partial charge in [-0.15, -0.1) is 0 Å². The molecule has 0 radical (unpaired) electrons. The molecule has 0 saturated heterocycles. The van der Waals surface area contributed by atoms with E-state index >= 15 is 0 Å². The first-order valence-corrected chi connectivity index (χ1v) is 7.55. The van der Waals surface area contributed by atoms with Crippen LogP contribution in [0.15, 0.2) is 24.4 Å². The van der Waals surface area contributed by atoms with Crippen molar-refractivity contribution in [2.24, 2.45) is 5.73 Å². The Hall–Kier alpha value is -1.81. The number of hydrogen-bond acceptors (Lipinski definition) is 8. The lowest BCUT2D eigenvalue weighted by atomic mass is 10.2. The van der Waals surface area contributed by atoms with Crippen LogP contribution in [0.3, 0.4) is 0 Å². The van der Waals surface area contributed by atoms with Crippen molar-refractivity contribution in [2.75, 3.05) is 19.8 Å². The van der Waals surface area contributed by atoms with Crippen LogP contribution in [0.2, 0.25) is 0 Å². The quantitative estimate of drug-likeness (QED) is 0.386. The fourth-order valence-electron chi connectivity index (χ4n) is 1.22. The Morgan fingerprint density at radius 3 is 2.54 bits per heavy atom.